The van der Waals surface area contributed by atoms with Crippen LogP contribution in [0, 0.1) is 0 Å². The van der Waals surface area contributed by atoms with Gasteiger partial charge in [0.2, 0.25) is 0 Å². The third-order valence-electron chi connectivity index (χ3n) is 3.53. The lowest BCUT2D eigenvalue weighted by Crippen LogP contribution is -2.57. The predicted octanol–water partition coefficient (Wildman–Crippen LogP) is 1.15. The van der Waals surface area contributed by atoms with Gasteiger partial charge >= 0.3 is 0 Å². The summed E-state index contributed by atoms with van der Waals surface area (Å²) in [5.74, 6) is 1.60. The van der Waals surface area contributed by atoms with Crippen LogP contribution in [-0.4, -0.2) is 51.8 Å². The lowest BCUT2D eigenvalue weighted by Gasteiger charge is -2.39. The van der Waals surface area contributed by atoms with Gasteiger partial charge in [0.15, 0.2) is 11.5 Å². The van der Waals surface area contributed by atoms with Crippen LogP contribution in [0.15, 0.2) is 18.2 Å². The zero-order valence-electron chi connectivity index (χ0n) is 11.4. The number of nitrogens with one attached hydrogen (secondary N) is 1. The van der Waals surface area contributed by atoms with E-state index in [4.69, 9.17) is 9.47 Å². The van der Waals surface area contributed by atoms with Crippen LogP contribution in [0.3, 0.4) is 0 Å². The van der Waals surface area contributed by atoms with Gasteiger partial charge in [0.1, 0.15) is 0 Å². The molecule has 1 saturated heterocycles. The molecular weight excluding hydrogens is 228 g/mol. The van der Waals surface area contributed by atoms with Crippen LogP contribution in [0.25, 0.3) is 0 Å². The minimum atomic E-state index is 0.676. The van der Waals surface area contributed by atoms with Gasteiger partial charge in [-0.1, -0.05) is 6.07 Å². The molecule has 1 aliphatic heterocycles. The fourth-order valence-electron chi connectivity index (χ4n) is 2.26. The molecule has 1 fully saturated rings. The Kier molecular flexibility index (Phi) is 4.44. The van der Waals surface area contributed by atoms with Crippen LogP contribution in [0.4, 0.5) is 0 Å². The summed E-state index contributed by atoms with van der Waals surface area (Å²) in [5.41, 5.74) is 1.29. The Morgan fingerprint density at radius 1 is 1.22 bits per heavy atom. The molecule has 0 spiro atoms. The molecule has 1 aromatic carbocycles. The molecule has 1 aliphatic rings. The van der Waals surface area contributed by atoms with Crippen molar-refractivity contribution in [2.24, 2.45) is 0 Å². The molecule has 0 radical (unpaired) electrons. The van der Waals surface area contributed by atoms with Crippen molar-refractivity contribution in [1.29, 1.82) is 0 Å². The van der Waals surface area contributed by atoms with E-state index in [1.165, 1.54) is 5.56 Å². The number of likely N-dealkylation sites (N-methyl/N-ethyl adjacent to an activating group) is 1. The molecule has 100 valence electrons. The van der Waals surface area contributed by atoms with Crippen molar-refractivity contribution in [3.05, 3.63) is 23.8 Å². The summed E-state index contributed by atoms with van der Waals surface area (Å²) in [6.45, 7) is 3.42. The third-order valence-corrected chi connectivity index (χ3v) is 3.53. The molecule has 0 saturated carbocycles. The van der Waals surface area contributed by atoms with E-state index in [9.17, 15) is 0 Å². The van der Waals surface area contributed by atoms with Gasteiger partial charge in [-0.3, -0.25) is 4.90 Å². The van der Waals surface area contributed by atoms with Crippen molar-refractivity contribution in [2.75, 3.05) is 40.9 Å². The topological polar surface area (TPSA) is 33.7 Å². The molecule has 1 aromatic rings. The first kappa shape index (κ1) is 13.2. The summed E-state index contributed by atoms with van der Waals surface area (Å²) >= 11 is 0. The minimum absolute atomic E-state index is 0.676. The van der Waals surface area contributed by atoms with E-state index in [1.54, 1.807) is 14.2 Å². The zero-order valence-corrected chi connectivity index (χ0v) is 11.4. The molecule has 0 amide bonds. The minimum Gasteiger partial charge on any atom is -0.493 e. The summed E-state index contributed by atoms with van der Waals surface area (Å²) in [4.78, 5) is 2.46. The van der Waals surface area contributed by atoms with Crippen LogP contribution in [0.1, 0.15) is 5.56 Å². The standard InChI is InChI=1S/C14H22N2O2/c1-15-12-9-16(10-12)7-6-11-4-5-13(17-2)14(8-11)18-3/h4-5,8,12,15H,6-7,9-10H2,1-3H3. The number of ether oxygens (including phenoxy) is 2. The number of benzene rings is 1. The summed E-state index contributed by atoms with van der Waals surface area (Å²) in [7, 11) is 5.36. The maximum atomic E-state index is 5.31. The Balaban J connectivity index is 1.86. The molecule has 0 aliphatic carbocycles. The lowest BCUT2D eigenvalue weighted by molar-refractivity contribution is 0.134. The van der Waals surface area contributed by atoms with Crippen LogP contribution >= 0.6 is 0 Å². The van der Waals surface area contributed by atoms with Crippen LogP contribution in [0.2, 0.25) is 0 Å². The molecular formula is C14H22N2O2. The van der Waals surface area contributed by atoms with Crippen LogP contribution < -0.4 is 14.8 Å². The normalized spacial score (nSPS) is 16.4. The van der Waals surface area contributed by atoms with E-state index >= 15 is 0 Å². The molecule has 4 heteroatoms. The molecule has 1 N–H and O–H groups in total. The van der Waals surface area contributed by atoms with Gasteiger partial charge in [0, 0.05) is 25.7 Å². The Hall–Kier alpha value is -1.26. The van der Waals surface area contributed by atoms with E-state index in [2.05, 4.69) is 22.3 Å². The van der Waals surface area contributed by atoms with Gasteiger partial charge in [-0.05, 0) is 31.2 Å². The maximum Gasteiger partial charge on any atom is 0.160 e. The van der Waals surface area contributed by atoms with Crippen LogP contribution in [0.5, 0.6) is 11.5 Å². The van der Waals surface area contributed by atoms with Gasteiger partial charge in [-0.25, -0.2) is 0 Å². The average molecular weight is 250 g/mol. The van der Waals surface area contributed by atoms with Crippen molar-refractivity contribution < 1.29 is 9.47 Å². The first-order valence-corrected chi connectivity index (χ1v) is 6.37. The van der Waals surface area contributed by atoms with Crippen molar-refractivity contribution >= 4 is 0 Å². The maximum absolute atomic E-state index is 5.31. The molecule has 2 rings (SSSR count). The van der Waals surface area contributed by atoms with Gasteiger partial charge in [0.25, 0.3) is 0 Å². The van der Waals surface area contributed by atoms with E-state index in [1.807, 2.05) is 13.1 Å². The molecule has 0 aromatic heterocycles. The molecule has 0 bridgehead atoms. The number of likely N-dealkylation sites (tertiary alicyclic amines) is 1. The Morgan fingerprint density at radius 2 is 1.94 bits per heavy atom. The summed E-state index contributed by atoms with van der Waals surface area (Å²) < 4.78 is 10.5. The Morgan fingerprint density at radius 3 is 2.56 bits per heavy atom. The number of nitrogens with zero attached hydrogens (tertiary/aromatic N) is 1. The average Bonchev–Trinajstić information content (AvgIpc) is 2.37. The fourth-order valence-corrected chi connectivity index (χ4v) is 2.26. The van der Waals surface area contributed by atoms with Crippen molar-refractivity contribution in [3.63, 3.8) is 0 Å². The van der Waals surface area contributed by atoms with Gasteiger partial charge < -0.3 is 14.8 Å². The first-order chi connectivity index (χ1) is 8.76. The Labute approximate surface area is 109 Å². The summed E-state index contributed by atoms with van der Waals surface area (Å²) in [6, 6.07) is 6.82. The highest BCUT2D eigenvalue weighted by Crippen LogP contribution is 2.27. The van der Waals surface area contributed by atoms with Crippen LogP contribution in [-0.2, 0) is 6.42 Å². The second-order valence-corrected chi connectivity index (χ2v) is 4.68. The molecule has 0 unspecified atom stereocenters. The fraction of sp³-hybridized carbons (Fsp3) is 0.571. The number of rotatable bonds is 6. The van der Waals surface area contributed by atoms with Gasteiger partial charge in [-0.15, -0.1) is 0 Å². The second kappa shape index (κ2) is 6.07. The first-order valence-electron chi connectivity index (χ1n) is 6.37. The summed E-state index contributed by atoms with van der Waals surface area (Å²) in [6.07, 6.45) is 1.05. The summed E-state index contributed by atoms with van der Waals surface area (Å²) in [5, 5.41) is 3.28. The highest BCUT2D eigenvalue weighted by molar-refractivity contribution is 5.42. The van der Waals surface area contributed by atoms with Crippen molar-refractivity contribution in [2.45, 2.75) is 12.5 Å². The number of hydrogen-bond acceptors (Lipinski definition) is 4. The third kappa shape index (κ3) is 2.94. The molecule has 4 nitrogen and oxygen atoms in total. The highest BCUT2D eigenvalue weighted by atomic mass is 16.5. The second-order valence-electron chi connectivity index (χ2n) is 4.68. The van der Waals surface area contributed by atoms with Gasteiger partial charge in [0.05, 0.1) is 14.2 Å². The van der Waals surface area contributed by atoms with E-state index < -0.39 is 0 Å². The highest BCUT2D eigenvalue weighted by Gasteiger charge is 2.24. The number of methoxy groups -OCH3 is 2. The quantitative estimate of drug-likeness (QED) is 0.821. The Bertz CT molecular complexity index is 389. The smallest absolute Gasteiger partial charge is 0.160 e. The SMILES string of the molecule is CNC1CN(CCc2ccc(OC)c(OC)c2)C1. The van der Waals surface area contributed by atoms with E-state index in [0.717, 1.165) is 37.6 Å². The molecule has 0 atom stereocenters. The number of hydrogen-bond donors (Lipinski definition) is 1. The largest absolute Gasteiger partial charge is 0.493 e. The monoisotopic (exact) mass is 250 g/mol. The van der Waals surface area contributed by atoms with E-state index in [-0.39, 0.29) is 0 Å². The molecule has 1 heterocycles. The zero-order chi connectivity index (χ0) is 13.0. The van der Waals surface area contributed by atoms with Crippen molar-refractivity contribution in [1.82, 2.24) is 10.2 Å². The van der Waals surface area contributed by atoms with Crippen molar-refractivity contribution in [3.8, 4) is 11.5 Å². The van der Waals surface area contributed by atoms with E-state index in [0.29, 0.717) is 6.04 Å². The lowest BCUT2D eigenvalue weighted by atomic mass is 10.1. The molecule has 18 heavy (non-hydrogen) atoms. The predicted molar refractivity (Wildman–Crippen MR) is 72.5 cm³/mol. The van der Waals surface area contributed by atoms with Gasteiger partial charge in [-0.2, -0.15) is 0 Å².